The molecule has 3 heteroatoms. The standard InChI is InChI=1S/C13H14O3/c1-2-3-9(15)12-11-8-6-7(14)4-5-10(8)16-13(11)12/h4-6,11-14H,2-3H2,1H3/t11-,12-,13-/m0/s1. The van der Waals surface area contributed by atoms with E-state index in [-0.39, 0.29) is 23.7 Å². The molecular weight excluding hydrogens is 204 g/mol. The van der Waals surface area contributed by atoms with Crippen LogP contribution in [-0.4, -0.2) is 17.0 Å². The number of hydrogen-bond donors (Lipinski definition) is 1. The first-order valence-corrected chi connectivity index (χ1v) is 5.74. The van der Waals surface area contributed by atoms with E-state index in [1.54, 1.807) is 18.2 Å². The third-order valence-electron chi connectivity index (χ3n) is 3.44. The Morgan fingerprint density at radius 3 is 3.06 bits per heavy atom. The molecule has 0 saturated heterocycles. The Kier molecular flexibility index (Phi) is 1.96. The molecule has 0 unspecified atom stereocenters. The normalized spacial score (nSPS) is 29.2. The summed E-state index contributed by atoms with van der Waals surface area (Å²) in [5.74, 6) is 1.60. The number of ether oxygens (including phenoxy) is 1. The molecule has 3 atom stereocenters. The Bertz CT molecular complexity index is 452. The number of benzene rings is 1. The van der Waals surface area contributed by atoms with Gasteiger partial charge in [-0.05, 0) is 24.6 Å². The van der Waals surface area contributed by atoms with Crippen molar-refractivity contribution in [3.8, 4) is 11.5 Å². The lowest BCUT2D eigenvalue weighted by atomic mass is 10.0. The zero-order valence-electron chi connectivity index (χ0n) is 9.14. The molecule has 0 radical (unpaired) electrons. The van der Waals surface area contributed by atoms with Crippen molar-refractivity contribution < 1.29 is 14.6 Å². The van der Waals surface area contributed by atoms with Crippen LogP contribution in [0.2, 0.25) is 0 Å². The lowest BCUT2D eigenvalue weighted by Crippen LogP contribution is -2.09. The molecule has 1 aromatic rings. The molecular formula is C13H14O3. The second-order valence-corrected chi connectivity index (χ2v) is 4.57. The highest BCUT2D eigenvalue weighted by molar-refractivity contribution is 5.87. The van der Waals surface area contributed by atoms with Gasteiger partial charge >= 0.3 is 0 Å². The van der Waals surface area contributed by atoms with E-state index in [1.807, 2.05) is 6.92 Å². The van der Waals surface area contributed by atoms with E-state index >= 15 is 0 Å². The van der Waals surface area contributed by atoms with Crippen LogP contribution in [0.5, 0.6) is 11.5 Å². The van der Waals surface area contributed by atoms with E-state index in [0.29, 0.717) is 12.2 Å². The molecule has 0 bridgehead atoms. The Morgan fingerprint density at radius 2 is 2.31 bits per heavy atom. The van der Waals surface area contributed by atoms with Gasteiger partial charge in [0.2, 0.25) is 0 Å². The number of rotatable bonds is 3. The highest BCUT2D eigenvalue weighted by Gasteiger charge is 2.61. The van der Waals surface area contributed by atoms with Gasteiger partial charge in [-0.25, -0.2) is 0 Å². The Morgan fingerprint density at radius 1 is 1.50 bits per heavy atom. The predicted molar refractivity (Wildman–Crippen MR) is 58.7 cm³/mol. The number of Topliss-reactive ketones (excluding diaryl/α,β-unsaturated/α-hetero) is 1. The molecule has 0 aromatic heterocycles. The van der Waals surface area contributed by atoms with Crippen molar-refractivity contribution in [2.45, 2.75) is 31.8 Å². The number of ketones is 1. The van der Waals surface area contributed by atoms with Crippen LogP contribution in [0.15, 0.2) is 18.2 Å². The third kappa shape index (κ3) is 1.24. The van der Waals surface area contributed by atoms with Gasteiger partial charge in [0.25, 0.3) is 0 Å². The summed E-state index contributed by atoms with van der Waals surface area (Å²) < 4.78 is 5.68. The number of carbonyl (C=O) groups excluding carboxylic acids is 1. The summed E-state index contributed by atoms with van der Waals surface area (Å²) in [4.78, 5) is 11.8. The van der Waals surface area contributed by atoms with Crippen molar-refractivity contribution in [3.05, 3.63) is 23.8 Å². The van der Waals surface area contributed by atoms with Crippen LogP contribution >= 0.6 is 0 Å². The van der Waals surface area contributed by atoms with Gasteiger partial charge in [-0.3, -0.25) is 4.79 Å². The minimum atomic E-state index is 0.0363. The molecule has 1 fully saturated rings. The summed E-state index contributed by atoms with van der Waals surface area (Å²) >= 11 is 0. The van der Waals surface area contributed by atoms with Crippen LogP contribution in [0.1, 0.15) is 31.2 Å². The van der Waals surface area contributed by atoms with Crippen LogP contribution in [0.3, 0.4) is 0 Å². The van der Waals surface area contributed by atoms with Crippen molar-refractivity contribution in [3.63, 3.8) is 0 Å². The topological polar surface area (TPSA) is 46.5 Å². The minimum Gasteiger partial charge on any atom is -0.508 e. The van der Waals surface area contributed by atoms with Gasteiger partial charge in [-0.2, -0.15) is 0 Å². The fraction of sp³-hybridized carbons (Fsp3) is 0.462. The second kappa shape index (κ2) is 3.24. The fourth-order valence-electron chi connectivity index (χ4n) is 2.65. The summed E-state index contributed by atoms with van der Waals surface area (Å²) in [6.07, 6.45) is 1.56. The number of phenolic OH excluding ortho intramolecular Hbond substituents is 1. The van der Waals surface area contributed by atoms with Gasteiger partial charge in [0.15, 0.2) is 0 Å². The molecule has 1 aliphatic heterocycles. The first-order chi connectivity index (χ1) is 7.72. The number of aromatic hydroxyl groups is 1. The molecule has 1 saturated carbocycles. The van der Waals surface area contributed by atoms with Crippen molar-refractivity contribution >= 4 is 5.78 Å². The average molecular weight is 218 g/mol. The lowest BCUT2D eigenvalue weighted by molar-refractivity contribution is -0.121. The van der Waals surface area contributed by atoms with Crippen molar-refractivity contribution in [2.75, 3.05) is 0 Å². The van der Waals surface area contributed by atoms with Gasteiger partial charge in [0.1, 0.15) is 23.4 Å². The molecule has 16 heavy (non-hydrogen) atoms. The Balaban J connectivity index is 1.84. The molecule has 1 heterocycles. The van der Waals surface area contributed by atoms with Crippen molar-refractivity contribution in [2.24, 2.45) is 5.92 Å². The molecule has 2 aliphatic rings. The number of fused-ring (bicyclic) bond motifs is 3. The summed E-state index contributed by atoms with van der Waals surface area (Å²) in [5, 5.41) is 9.42. The Hall–Kier alpha value is -1.51. The lowest BCUT2D eigenvalue weighted by Gasteiger charge is -2.07. The maximum atomic E-state index is 11.8. The maximum Gasteiger partial charge on any atom is 0.140 e. The minimum absolute atomic E-state index is 0.0363. The number of hydrogen-bond acceptors (Lipinski definition) is 3. The van der Waals surface area contributed by atoms with Gasteiger partial charge in [-0.1, -0.05) is 6.92 Å². The highest BCUT2D eigenvalue weighted by atomic mass is 16.5. The smallest absolute Gasteiger partial charge is 0.140 e. The zero-order chi connectivity index (χ0) is 11.3. The van der Waals surface area contributed by atoms with Crippen LogP contribution < -0.4 is 4.74 Å². The molecule has 3 nitrogen and oxygen atoms in total. The first-order valence-electron chi connectivity index (χ1n) is 5.74. The third-order valence-corrected chi connectivity index (χ3v) is 3.44. The van der Waals surface area contributed by atoms with Crippen molar-refractivity contribution in [1.82, 2.24) is 0 Å². The van der Waals surface area contributed by atoms with E-state index in [2.05, 4.69) is 0 Å². The van der Waals surface area contributed by atoms with E-state index in [4.69, 9.17) is 4.74 Å². The predicted octanol–water partition coefficient (Wildman–Crippen LogP) is 2.24. The summed E-state index contributed by atoms with van der Waals surface area (Å²) in [6.45, 7) is 2.01. The summed E-state index contributed by atoms with van der Waals surface area (Å²) in [6, 6.07) is 5.11. The number of carbonyl (C=O) groups is 1. The molecule has 0 amide bonds. The molecule has 1 aliphatic carbocycles. The van der Waals surface area contributed by atoms with E-state index < -0.39 is 0 Å². The number of phenols is 1. The van der Waals surface area contributed by atoms with Crippen LogP contribution in [0.4, 0.5) is 0 Å². The molecule has 3 rings (SSSR count). The molecule has 0 spiro atoms. The van der Waals surface area contributed by atoms with Gasteiger partial charge in [0.05, 0.1) is 5.92 Å². The van der Waals surface area contributed by atoms with Crippen LogP contribution in [-0.2, 0) is 4.79 Å². The maximum absolute atomic E-state index is 11.8. The van der Waals surface area contributed by atoms with E-state index in [1.165, 1.54) is 0 Å². The first kappa shape index (κ1) is 9.70. The largest absolute Gasteiger partial charge is 0.508 e. The van der Waals surface area contributed by atoms with Gasteiger partial charge in [0, 0.05) is 17.9 Å². The summed E-state index contributed by atoms with van der Waals surface area (Å²) in [7, 11) is 0. The summed E-state index contributed by atoms with van der Waals surface area (Å²) in [5.41, 5.74) is 0.999. The zero-order valence-corrected chi connectivity index (χ0v) is 9.14. The molecule has 1 N–H and O–H groups in total. The van der Waals surface area contributed by atoms with E-state index in [9.17, 15) is 9.90 Å². The molecule has 84 valence electrons. The van der Waals surface area contributed by atoms with Crippen LogP contribution in [0.25, 0.3) is 0 Å². The monoisotopic (exact) mass is 218 g/mol. The highest BCUT2D eigenvalue weighted by Crippen LogP contribution is 2.59. The van der Waals surface area contributed by atoms with Gasteiger partial charge < -0.3 is 9.84 Å². The van der Waals surface area contributed by atoms with E-state index in [0.717, 1.165) is 17.7 Å². The quantitative estimate of drug-likeness (QED) is 0.846. The average Bonchev–Trinajstić information content (AvgIpc) is 2.85. The second-order valence-electron chi connectivity index (χ2n) is 4.57. The fourth-order valence-corrected chi connectivity index (χ4v) is 2.65. The Labute approximate surface area is 94.0 Å². The van der Waals surface area contributed by atoms with Crippen molar-refractivity contribution in [1.29, 1.82) is 0 Å². The molecule has 1 aromatic carbocycles. The SMILES string of the molecule is CCCC(=O)[C@@H]1[C@H]2Oc3ccc(O)cc3[C@H]21. The van der Waals surface area contributed by atoms with Gasteiger partial charge in [-0.15, -0.1) is 0 Å². The van der Waals surface area contributed by atoms with Crippen LogP contribution in [0, 0.1) is 5.92 Å².